The number of anilines is 1. The number of esters is 1. The Morgan fingerprint density at radius 1 is 1.54 bits per heavy atom. The lowest BCUT2D eigenvalue weighted by Gasteiger charge is -2.39. The molecule has 6 N–H and O–H groups in total. The molecular formula is C16H22N4O6. The number of ether oxygens (including phenoxy) is 2. The van der Waals surface area contributed by atoms with Crippen LogP contribution >= 0.6 is 0 Å². The van der Waals surface area contributed by atoms with Gasteiger partial charge in [-0.25, -0.2) is 4.79 Å². The molecule has 10 heteroatoms. The first-order valence-electron chi connectivity index (χ1n) is 8.22. The third kappa shape index (κ3) is 2.80. The van der Waals surface area contributed by atoms with Crippen LogP contribution in [0.2, 0.25) is 0 Å². The number of aliphatic hydroxyl groups excluding tert-OH is 1. The Labute approximate surface area is 149 Å². The maximum Gasteiger partial charge on any atom is 0.353 e. The summed E-state index contributed by atoms with van der Waals surface area (Å²) in [6.07, 6.45) is -0.307. The molecule has 1 aromatic rings. The Morgan fingerprint density at radius 3 is 2.81 bits per heavy atom. The van der Waals surface area contributed by atoms with Gasteiger partial charge in [0.1, 0.15) is 24.1 Å². The highest BCUT2D eigenvalue weighted by atomic mass is 16.6. The van der Waals surface area contributed by atoms with Crippen molar-refractivity contribution in [1.82, 2.24) is 9.55 Å². The molecule has 3 rings (SSSR count). The number of nitrogen functional groups attached to an aromatic ring is 1. The topological polar surface area (TPSA) is 163 Å². The summed E-state index contributed by atoms with van der Waals surface area (Å²) < 4.78 is 12.1. The zero-order valence-corrected chi connectivity index (χ0v) is 14.4. The maximum atomic E-state index is 12.2. The average Bonchev–Trinajstić information content (AvgIpc) is 2.77. The molecule has 142 valence electrons. The summed E-state index contributed by atoms with van der Waals surface area (Å²) in [4.78, 5) is 27.8. The van der Waals surface area contributed by atoms with Crippen LogP contribution in [-0.2, 0) is 14.3 Å². The van der Waals surface area contributed by atoms with Gasteiger partial charge in [0.05, 0.1) is 12.3 Å². The van der Waals surface area contributed by atoms with Gasteiger partial charge in [0.25, 0.3) is 0 Å². The number of aromatic nitrogens is 2. The first-order valence-corrected chi connectivity index (χ1v) is 8.22. The van der Waals surface area contributed by atoms with Crippen LogP contribution in [0.1, 0.15) is 13.8 Å². The van der Waals surface area contributed by atoms with Gasteiger partial charge >= 0.3 is 11.7 Å². The molecule has 0 spiro atoms. The smallest absolute Gasteiger partial charge is 0.353 e. The van der Waals surface area contributed by atoms with E-state index in [0.717, 1.165) is 0 Å². The fraction of sp³-hybridized carbons (Fsp3) is 0.562. The van der Waals surface area contributed by atoms with Gasteiger partial charge in [0, 0.05) is 6.20 Å². The fourth-order valence-corrected chi connectivity index (χ4v) is 3.08. The summed E-state index contributed by atoms with van der Waals surface area (Å²) in [5.74, 6) is -0.791. The summed E-state index contributed by atoms with van der Waals surface area (Å²) in [7, 11) is 0. The Kier molecular flexibility index (Phi) is 4.61. The largest absolute Gasteiger partial charge is 0.455 e. The van der Waals surface area contributed by atoms with Crippen molar-refractivity contribution in [3.8, 4) is 0 Å². The molecule has 26 heavy (non-hydrogen) atoms. The molecule has 2 aliphatic rings. The van der Waals surface area contributed by atoms with Crippen LogP contribution in [0.4, 0.5) is 5.82 Å². The third-order valence-corrected chi connectivity index (χ3v) is 4.69. The third-order valence-electron chi connectivity index (χ3n) is 4.69. The Hall–Kier alpha value is -2.27. The van der Waals surface area contributed by atoms with Gasteiger partial charge in [-0.15, -0.1) is 0 Å². The molecule has 1 saturated heterocycles. The number of nitrogens with two attached hydrogens (primary N) is 2. The summed E-state index contributed by atoms with van der Waals surface area (Å²) in [6.45, 7) is 3.05. The number of carbonyl (C=O) groups excluding carboxylic acids is 1. The molecule has 3 unspecified atom stereocenters. The number of carbonyl (C=O) groups is 1. The molecule has 10 nitrogen and oxygen atoms in total. The molecule has 0 radical (unpaired) electrons. The van der Waals surface area contributed by atoms with Crippen molar-refractivity contribution in [3.63, 3.8) is 0 Å². The van der Waals surface area contributed by atoms with Crippen LogP contribution in [0.3, 0.4) is 0 Å². The highest BCUT2D eigenvalue weighted by Gasteiger charge is 2.64. The van der Waals surface area contributed by atoms with Crippen LogP contribution in [-0.4, -0.2) is 62.3 Å². The Morgan fingerprint density at radius 2 is 2.23 bits per heavy atom. The molecule has 1 aromatic heterocycles. The fourth-order valence-electron chi connectivity index (χ4n) is 3.08. The van der Waals surface area contributed by atoms with Gasteiger partial charge in [-0.3, -0.25) is 9.36 Å². The van der Waals surface area contributed by atoms with Gasteiger partial charge < -0.3 is 31.2 Å². The van der Waals surface area contributed by atoms with E-state index in [0.29, 0.717) is 5.70 Å². The predicted molar refractivity (Wildman–Crippen MR) is 90.6 cm³/mol. The summed E-state index contributed by atoms with van der Waals surface area (Å²) >= 11 is 0. The molecule has 0 bridgehead atoms. The SMILES string of the molecule is CC(C)C(N)C(=O)OC1[C@@H](CO)O[C@H]2C(n3ccc(N)nc3=O)=CC12O. The van der Waals surface area contributed by atoms with Crippen molar-refractivity contribution in [2.45, 2.75) is 43.8 Å². The zero-order chi connectivity index (χ0) is 19.2. The second-order valence-electron chi connectivity index (χ2n) is 6.83. The van der Waals surface area contributed by atoms with E-state index in [2.05, 4.69) is 4.98 Å². The van der Waals surface area contributed by atoms with Gasteiger partial charge in [-0.05, 0) is 18.1 Å². The lowest BCUT2D eigenvalue weighted by molar-refractivity contribution is -0.163. The molecule has 1 fully saturated rings. The summed E-state index contributed by atoms with van der Waals surface area (Å²) in [6, 6.07) is 0.557. The van der Waals surface area contributed by atoms with Crippen LogP contribution in [0.15, 0.2) is 23.1 Å². The molecular weight excluding hydrogens is 344 g/mol. The molecule has 5 atom stereocenters. The van der Waals surface area contributed by atoms with E-state index in [9.17, 15) is 19.8 Å². The van der Waals surface area contributed by atoms with Crippen molar-refractivity contribution in [3.05, 3.63) is 28.8 Å². The van der Waals surface area contributed by atoms with E-state index in [1.54, 1.807) is 13.8 Å². The number of hydrogen-bond acceptors (Lipinski definition) is 9. The van der Waals surface area contributed by atoms with Crippen molar-refractivity contribution < 1.29 is 24.5 Å². The lowest BCUT2D eigenvalue weighted by atomic mass is 9.79. The minimum absolute atomic E-state index is 0.0662. The number of nitrogens with zero attached hydrogens (tertiary/aromatic N) is 2. The van der Waals surface area contributed by atoms with Crippen LogP contribution < -0.4 is 17.2 Å². The van der Waals surface area contributed by atoms with Gasteiger partial charge in [-0.2, -0.15) is 4.98 Å². The highest BCUT2D eigenvalue weighted by molar-refractivity contribution is 5.77. The standard InChI is InChI=1S/C16H22N4O6/c1-7(2)11(18)14(22)26-13-9(6-21)25-12-8(5-16(12,13)24)20-4-3-10(17)19-15(20)23/h3-5,7,9,11-13,21,24H,6,18H2,1-2H3,(H2,17,19,23)/t9-,11?,12+,13?,16?/m1/s1. The molecule has 0 saturated carbocycles. The zero-order valence-electron chi connectivity index (χ0n) is 14.4. The predicted octanol–water partition coefficient (Wildman–Crippen LogP) is -1.93. The monoisotopic (exact) mass is 366 g/mol. The first kappa shape index (κ1) is 18.5. The number of hydrogen-bond donors (Lipinski definition) is 4. The highest BCUT2D eigenvalue weighted by Crippen LogP contribution is 2.47. The van der Waals surface area contributed by atoms with E-state index < -0.39 is 48.2 Å². The summed E-state index contributed by atoms with van der Waals surface area (Å²) in [5.41, 5.74) is 9.27. The van der Waals surface area contributed by atoms with Crippen molar-refractivity contribution in [2.75, 3.05) is 12.3 Å². The van der Waals surface area contributed by atoms with E-state index in [1.165, 1.54) is 22.9 Å². The quantitative estimate of drug-likeness (QED) is 0.434. The second-order valence-corrected chi connectivity index (χ2v) is 6.83. The van der Waals surface area contributed by atoms with Gasteiger partial charge in [-0.1, -0.05) is 13.8 Å². The Bertz CT molecular complexity index is 806. The van der Waals surface area contributed by atoms with Crippen LogP contribution in [0.25, 0.3) is 5.70 Å². The molecule has 2 heterocycles. The van der Waals surface area contributed by atoms with Crippen LogP contribution in [0.5, 0.6) is 0 Å². The van der Waals surface area contributed by atoms with Crippen molar-refractivity contribution >= 4 is 17.5 Å². The first-order chi connectivity index (χ1) is 12.2. The van der Waals surface area contributed by atoms with E-state index in [-0.39, 0.29) is 11.7 Å². The summed E-state index contributed by atoms with van der Waals surface area (Å²) in [5, 5.41) is 20.4. The minimum Gasteiger partial charge on any atom is -0.455 e. The van der Waals surface area contributed by atoms with Gasteiger partial charge in [0.15, 0.2) is 11.7 Å². The normalized spacial score (nSPS) is 31.2. The van der Waals surface area contributed by atoms with Crippen LogP contribution in [0, 0.1) is 5.92 Å². The second kappa shape index (κ2) is 6.47. The number of fused-ring (bicyclic) bond motifs is 1. The van der Waals surface area contributed by atoms with E-state index in [1.807, 2.05) is 0 Å². The molecule has 0 amide bonds. The molecule has 1 aliphatic carbocycles. The average molecular weight is 366 g/mol. The minimum atomic E-state index is -1.67. The van der Waals surface area contributed by atoms with Crippen molar-refractivity contribution in [2.24, 2.45) is 11.7 Å². The van der Waals surface area contributed by atoms with Crippen molar-refractivity contribution in [1.29, 1.82) is 0 Å². The maximum absolute atomic E-state index is 12.2. The van der Waals surface area contributed by atoms with E-state index >= 15 is 0 Å². The van der Waals surface area contributed by atoms with Gasteiger partial charge in [0.2, 0.25) is 0 Å². The Balaban J connectivity index is 1.88. The molecule has 1 aliphatic heterocycles. The molecule has 0 aromatic carbocycles. The number of rotatable bonds is 5. The van der Waals surface area contributed by atoms with E-state index in [4.69, 9.17) is 20.9 Å². The number of aliphatic hydroxyl groups is 2. The lowest BCUT2D eigenvalue weighted by Crippen LogP contribution is -2.57.